The number of nitrogens with two attached hydrogens (primary N) is 1. The third kappa shape index (κ3) is 1.33. The molecule has 1 fully saturated rings. The van der Waals surface area contributed by atoms with Crippen molar-refractivity contribution in [1.82, 2.24) is 4.98 Å². The summed E-state index contributed by atoms with van der Waals surface area (Å²) in [4.78, 5) is 4.56. The lowest BCUT2D eigenvalue weighted by molar-refractivity contribution is 0.839. The summed E-state index contributed by atoms with van der Waals surface area (Å²) in [6.07, 6.45) is 2.57. The minimum absolute atomic E-state index is 0.518. The Morgan fingerprint density at radius 1 is 1.50 bits per heavy atom. The Bertz CT molecular complexity index is 287. The van der Waals surface area contributed by atoms with Crippen molar-refractivity contribution in [3.05, 3.63) is 10.7 Å². The van der Waals surface area contributed by atoms with Gasteiger partial charge in [0.05, 0.1) is 10.7 Å². The van der Waals surface area contributed by atoms with Gasteiger partial charge in [-0.05, 0) is 12.8 Å². The fraction of sp³-hybridized carbons (Fsp3) is 0.667. The number of rotatable bonds is 2. The van der Waals surface area contributed by atoms with Gasteiger partial charge in [0.2, 0.25) is 0 Å². The number of aromatic nitrogens is 1. The molecule has 0 saturated heterocycles. The summed E-state index contributed by atoms with van der Waals surface area (Å²) in [5.74, 6) is 1.21. The van der Waals surface area contributed by atoms with Crippen LogP contribution in [0.2, 0.25) is 0 Å². The first-order valence-electron chi connectivity index (χ1n) is 4.44. The molecule has 0 atom stereocenters. The number of thiazole rings is 1. The first-order chi connectivity index (χ1) is 5.68. The average molecular weight is 182 g/mol. The van der Waals surface area contributed by atoms with Gasteiger partial charge in [0, 0.05) is 11.8 Å². The Morgan fingerprint density at radius 2 is 2.17 bits per heavy atom. The predicted octanol–water partition coefficient (Wildman–Crippen LogP) is 2.73. The molecule has 1 aliphatic carbocycles. The highest BCUT2D eigenvalue weighted by Crippen LogP contribution is 2.44. The maximum Gasteiger partial charge on any atom is 0.110 e. The van der Waals surface area contributed by atoms with E-state index in [2.05, 4.69) is 18.8 Å². The van der Waals surface area contributed by atoms with Gasteiger partial charge in [-0.2, -0.15) is 0 Å². The van der Waals surface area contributed by atoms with Crippen LogP contribution in [0.3, 0.4) is 0 Å². The Morgan fingerprint density at radius 3 is 2.58 bits per heavy atom. The van der Waals surface area contributed by atoms with Crippen LogP contribution in [0.25, 0.3) is 0 Å². The third-order valence-electron chi connectivity index (χ3n) is 2.16. The van der Waals surface area contributed by atoms with E-state index in [1.54, 1.807) is 11.3 Å². The van der Waals surface area contributed by atoms with Crippen LogP contribution in [0.5, 0.6) is 0 Å². The second kappa shape index (κ2) is 2.73. The standard InChI is InChI=1S/C9H14N2S/c1-5(2)9-11-7(6-3-4-6)8(10)12-9/h5-6H,3-4,10H2,1-2H3. The van der Waals surface area contributed by atoms with E-state index >= 15 is 0 Å². The molecule has 1 saturated carbocycles. The zero-order chi connectivity index (χ0) is 8.72. The molecule has 0 bridgehead atoms. The number of anilines is 1. The fourth-order valence-electron chi connectivity index (χ4n) is 1.26. The van der Waals surface area contributed by atoms with Crippen molar-refractivity contribution in [1.29, 1.82) is 0 Å². The molecule has 0 aromatic carbocycles. The summed E-state index contributed by atoms with van der Waals surface area (Å²) in [7, 11) is 0. The Labute approximate surface area is 76.8 Å². The monoisotopic (exact) mass is 182 g/mol. The lowest BCUT2D eigenvalue weighted by atomic mass is 10.2. The predicted molar refractivity (Wildman–Crippen MR) is 52.6 cm³/mol. The van der Waals surface area contributed by atoms with Crippen LogP contribution in [-0.4, -0.2) is 4.98 Å². The summed E-state index contributed by atoms with van der Waals surface area (Å²) in [6, 6.07) is 0. The number of nitrogens with zero attached hydrogens (tertiary/aromatic N) is 1. The molecule has 1 aromatic rings. The van der Waals surface area contributed by atoms with E-state index in [1.165, 1.54) is 23.5 Å². The summed E-state index contributed by atoms with van der Waals surface area (Å²) in [5, 5.41) is 2.13. The van der Waals surface area contributed by atoms with E-state index in [0.29, 0.717) is 11.8 Å². The zero-order valence-electron chi connectivity index (χ0n) is 7.50. The molecule has 12 heavy (non-hydrogen) atoms. The van der Waals surface area contributed by atoms with Gasteiger partial charge in [-0.3, -0.25) is 0 Å². The van der Waals surface area contributed by atoms with Gasteiger partial charge in [-0.1, -0.05) is 13.8 Å². The summed E-state index contributed by atoms with van der Waals surface area (Å²) in [6.45, 7) is 4.32. The second-order valence-electron chi connectivity index (χ2n) is 3.73. The van der Waals surface area contributed by atoms with E-state index in [-0.39, 0.29) is 0 Å². The van der Waals surface area contributed by atoms with Crippen LogP contribution in [0.1, 0.15) is 49.2 Å². The van der Waals surface area contributed by atoms with Gasteiger partial charge in [0.25, 0.3) is 0 Å². The summed E-state index contributed by atoms with van der Waals surface area (Å²) in [5.41, 5.74) is 7.05. The molecule has 2 nitrogen and oxygen atoms in total. The van der Waals surface area contributed by atoms with E-state index < -0.39 is 0 Å². The van der Waals surface area contributed by atoms with Gasteiger partial charge in [-0.25, -0.2) is 4.98 Å². The maximum absolute atomic E-state index is 5.88. The molecule has 1 aromatic heterocycles. The number of hydrogen-bond acceptors (Lipinski definition) is 3. The average Bonchev–Trinajstić information content (AvgIpc) is 2.75. The molecule has 0 amide bonds. The molecule has 0 radical (unpaired) electrons. The molecular weight excluding hydrogens is 168 g/mol. The van der Waals surface area contributed by atoms with Crippen LogP contribution in [0.15, 0.2) is 0 Å². The van der Waals surface area contributed by atoms with Gasteiger partial charge in [-0.15, -0.1) is 11.3 Å². The molecule has 0 aliphatic heterocycles. The van der Waals surface area contributed by atoms with Crippen molar-refractivity contribution in [2.45, 2.75) is 38.5 Å². The summed E-state index contributed by atoms with van der Waals surface area (Å²) >= 11 is 1.66. The largest absolute Gasteiger partial charge is 0.389 e. The third-order valence-corrected chi connectivity index (χ3v) is 3.36. The normalized spacial score (nSPS) is 17.2. The van der Waals surface area contributed by atoms with Crippen LogP contribution in [0, 0.1) is 0 Å². The quantitative estimate of drug-likeness (QED) is 0.763. The van der Waals surface area contributed by atoms with Crippen molar-refractivity contribution >= 4 is 16.3 Å². The smallest absolute Gasteiger partial charge is 0.110 e. The van der Waals surface area contributed by atoms with Gasteiger partial charge in [0.1, 0.15) is 5.00 Å². The second-order valence-corrected chi connectivity index (χ2v) is 4.79. The molecule has 1 heterocycles. The highest BCUT2D eigenvalue weighted by Gasteiger charge is 2.29. The molecule has 3 heteroatoms. The van der Waals surface area contributed by atoms with Crippen molar-refractivity contribution in [3.8, 4) is 0 Å². The molecule has 66 valence electrons. The van der Waals surface area contributed by atoms with E-state index in [9.17, 15) is 0 Å². The minimum Gasteiger partial charge on any atom is -0.389 e. The Kier molecular flexibility index (Phi) is 1.83. The molecule has 0 unspecified atom stereocenters. The number of nitrogen functional groups attached to an aromatic ring is 1. The van der Waals surface area contributed by atoms with Crippen LogP contribution >= 0.6 is 11.3 Å². The lowest BCUT2D eigenvalue weighted by Gasteiger charge is -1.95. The topological polar surface area (TPSA) is 38.9 Å². The fourth-order valence-corrected chi connectivity index (χ4v) is 2.18. The molecule has 0 spiro atoms. The number of hydrogen-bond donors (Lipinski definition) is 1. The van der Waals surface area contributed by atoms with Crippen molar-refractivity contribution in [2.75, 3.05) is 5.73 Å². The van der Waals surface area contributed by atoms with Crippen LogP contribution < -0.4 is 5.73 Å². The first-order valence-corrected chi connectivity index (χ1v) is 5.26. The Hall–Kier alpha value is -0.570. The maximum atomic E-state index is 5.88. The van der Waals surface area contributed by atoms with Crippen LogP contribution in [0.4, 0.5) is 5.00 Å². The molecule has 2 N–H and O–H groups in total. The van der Waals surface area contributed by atoms with Gasteiger partial charge >= 0.3 is 0 Å². The van der Waals surface area contributed by atoms with E-state index in [4.69, 9.17) is 5.73 Å². The first kappa shape index (κ1) is 8.05. The Balaban J connectivity index is 2.30. The minimum atomic E-state index is 0.518. The zero-order valence-corrected chi connectivity index (χ0v) is 8.32. The van der Waals surface area contributed by atoms with Gasteiger partial charge < -0.3 is 5.73 Å². The molecule has 1 aliphatic rings. The van der Waals surface area contributed by atoms with Crippen molar-refractivity contribution < 1.29 is 0 Å². The molecular formula is C9H14N2S. The van der Waals surface area contributed by atoms with E-state index in [1.807, 2.05) is 0 Å². The van der Waals surface area contributed by atoms with Crippen molar-refractivity contribution in [2.24, 2.45) is 0 Å². The lowest BCUT2D eigenvalue weighted by Crippen LogP contribution is -1.89. The van der Waals surface area contributed by atoms with Gasteiger partial charge in [0.15, 0.2) is 0 Å². The SMILES string of the molecule is CC(C)c1nc(C2CC2)c(N)s1. The summed E-state index contributed by atoms with van der Waals surface area (Å²) < 4.78 is 0. The highest BCUT2D eigenvalue weighted by molar-refractivity contribution is 7.15. The van der Waals surface area contributed by atoms with Crippen molar-refractivity contribution in [3.63, 3.8) is 0 Å². The van der Waals surface area contributed by atoms with Crippen LogP contribution in [-0.2, 0) is 0 Å². The molecule has 2 rings (SSSR count). The van der Waals surface area contributed by atoms with E-state index in [0.717, 1.165) is 5.00 Å². The highest BCUT2D eigenvalue weighted by atomic mass is 32.1.